The fourth-order valence-corrected chi connectivity index (χ4v) is 2.34. The van der Waals surface area contributed by atoms with Gasteiger partial charge in [0.15, 0.2) is 0 Å². The first-order valence-electron chi connectivity index (χ1n) is 6.43. The molecule has 0 N–H and O–H groups in total. The Labute approximate surface area is 114 Å². The zero-order valence-corrected chi connectivity index (χ0v) is 12.3. The normalized spacial score (nSPS) is 27.0. The van der Waals surface area contributed by atoms with Crippen LogP contribution in [-0.4, -0.2) is 41.8 Å². The highest BCUT2D eigenvalue weighted by Crippen LogP contribution is 2.32. The number of methoxy groups -OCH3 is 1. The van der Waals surface area contributed by atoms with Crippen LogP contribution in [0, 0.1) is 5.92 Å². The summed E-state index contributed by atoms with van der Waals surface area (Å²) < 4.78 is 10.1. The Morgan fingerprint density at radius 1 is 1.37 bits per heavy atom. The molecule has 1 aliphatic heterocycles. The number of hydrogen-bond acceptors (Lipinski definition) is 4. The highest BCUT2D eigenvalue weighted by Gasteiger charge is 2.46. The van der Waals surface area contributed by atoms with Crippen LogP contribution in [0.3, 0.4) is 0 Å². The molecule has 0 spiro atoms. The van der Waals surface area contributed by atoms with E-state index in [1.807, 2.05) is 6.92 Å². The number of nitrogens with zero attached hydrogens (tertiary/aromatic N) is 1. The van der Waals surface area contributed by atoms with E-state index in [1.54, 1.807) is 26.8 Å². The van der Waals surface area contributed by atoms with Crippen molar-refractivity contribution in [2.75, 3.05) is 7.11 Å². The zero-order valence-electron chi connectivity index (χ0n) is 12.3. The van der Waals surface area contributed by atoms with E-state index in [0.717, 1.165) is 0 Å². The Morgan fingerprint density at radius 3 is 2.37 bits per heavy atom. The molecule has 0 aromatic heterocycles. The number of hydrogen-bond donors (Lipinski definition) is 0. The van der Waals surface area contributed by atoms with Gasteiger partial charge in [0.05, 0.1) is 13.2 Å². The van der Waals surface area contributed by atoms with Crippen LogP contribution in [0.5, 0.6) is 0 Å². The van der Waals surface area contributed by atoms with Crippen LogP contribution in [0.4, 0.5) is 4.79 Å². The van der Waals surface area contributed by atoms with Crippen molar-refractivity contribution in [2.45, 2.75) is 51.8 Å². The summed E-state index contributed by atoms with van der Waals surface area (Å²) in [5.41, 5.74) is -0.602. The van der Waals surface area contributed by atoms with E-state index in [4.69, 9.17) is 9.47 Å². The fraction of sp³-hybridized carbons (Fsp3) is 0.714. The SMILES string of the molecule is C=C[C@H]1[C@H](C)C[C@@H](C(=O)OC)N1C(=O)OC(C)(C)C. The van der Waals surface area contributed by atoms with Crippen molar-refractivity contribution in [1.29, 1.82) is 0 Å². The minimum Gasteiger partial charge on any atom is -0.467 e. The summed E-state index contributed by atoms with van der Waals surface area (Å²) in [6.45, 7) is 11.1. The van der Waals surface area contributed by atoms with Gasteiger partial charge in [0, 0.05) is 0 Å². The second-order valence-corrected chi connectivity index (χ2v) is 5.87. The Morgan fingerprint density at radius 2 is 1.95 bits per heavy atom. The summed E-state index contributed by atoms with van der Waals surface area (Å²) in [7, 11) is 1.32. The van der Waals surface area contributed by atoms with E-state index in [9.17, 15) is 9.59 Å². The van der Waals surface area contributed by atoms with E-state index in [1.165, 1.54) is 12.0 Å². The molecule has 1 rings (SSSR count). The van der Waals surface area contributed by atoms with Gasteiger partial charge in [-0.15, -0.1) is 6.58 Å². The summed E-state index contributed by atoms with van der Waals surface area (Å²) in [5.74, 6) is -0.267. The number of amides is 1. The summed E-state index contributed by atoms with van der Waals surface area (Å²) in [6, 6.07) is -0.809. The molecule has 1 aliphatic rings. The second kappa shape index (κ2) is 5.63. The van der Waals surface area contributed by atoms with Crippen LogP contribution in [0.1, 0.15) is 34.1 Å². The molecule has 0 bridgehead atoms. The van der Waals surface area contributed by atoms with Crippen molar-refractivity contribution in [1.82, 2.24) is 4.90 Å². The van der Waals surface area contributed by atoms with Crippen molar-refractivity contribution >= 4 is 12.1 Å². The predicted octanol–water partition coefficient (Wildman–Crippen LogP) is 2.36. The van der Waals surface area contributed by atoms with Crippen LogP contribution in [0.2, 0.25) is 0 Å². The van der Waals surface area contributed by atoms with E-state index in [2.05, 4.69) is 6.58 Å². The number of rotatable bonds is 2. The number of ether oxygens (including phenoxy) is 2. The summed E-state index contributed by atoms with van der Waals surface area (Å²) in [5, 5.41) is 0. The first-order valence-corrected chi connectivity index (χ1v) is 6.43. The molecule has 0 aromatic rings. The van der Waals surface area contributed by atoms with Gasteiger partial charge in [0.25, 0.3) is 0 Å². The minimum absolute atomic E-state index is 0.147. The van der Waals surface area contributed by atoms with Gasteiger partial charge in [0.2, 0.25) is 0 Å². The summed E-state index contributed by atoms with van der Waals surface area (Å²) in [4.78, 5) is 25.5. The van der Waals surface area contributed by atoms with Gasteiger partial charge in [-0.25, -0.2) is 9.59 Å². The van der Waals surface area contributed by atoms with Crippen molar-refractivity contribution in [2.24, 2.45) is 5.92 Å². The van der Waals surface area contributed by atoms with Gasteiger partial charge in [-0.05, 0) is 33.1 Å². The highest BCUT2D eigenvalue weighted by atomic mass is 16.6. The summed E-state index contributed by atoms with van der Waals surface area (Å²) in [6.07, 6.45) is 1.73. The lowest BCUT2D eigenvalue weighted by atomic mass is 10.0. The topological polar surface area (TPSA) is 55.8 Å². The monoisotopic (exact) mass is 269 g/mol. The Hall–Kier alpha value is -1.52. The Balaban J connectivity index is 2.98. The quantitative estimate of drug-likeness (QED) is 0.570. The van der Waals surface area contributed by atoms with E-state index in [-0.39, 0.29) is 12.0 Å². The van der Waals surface area contributed by atoms with Gasteiger partial charge in [-0.2, -0.15) is 0 Å². The van der Waals surface area contributed by atoms with Crippen molar-refractivity contribution < 1.29 is 19.1 Å². The first kappa shape index (κ1) is 15.5. The van der Waals surface area contributed by atoms with Crippen LogP contribution >= 0.6 is 0 Å². The summed E-state index contributed by atoms with van der Waals surface area (Å²) >= 11 is 0. The van der Waals surface area contributed by atoms with Crippen molar-refractivity contribution in [3.05, 3.63) is 12.7 Å². The standard InChI is InChI=1S/C14H23NO4/c1-7-10-9(2)8-11(12(16)18-6)15(10)13(17)19-14(3,4)5/h7,9-11H,1,8H2,2-6H3/t9-,10+,11+/m1/s1. The molecule has 0 unspecified atom stereocenters. The molecule has 1 saturated heterocycles. The number of likely N-dealkylation sites (tertiary alicyclic amines) is 1. The van der Waals surface area contributed by atoms with Gasteiger partial charge in [0.1, 0.15) is 11.6 Å². The maximum atomic E-state index is 12.3. The highest BCUT2D eigenvalue weighted by molar-refractivity contribution is 5.82. The van der Waals surface area contributed by atoms with E-state index in [0.29, 0.717) is 6.42 Å². The predicted molar refractivity (Wildman–Crippen MR) is 71.6 cm³/mol. The molecule has 1 heterocycles. The largest absolute Gasteiger partial charge is 0.467 e. The lowest BCUT2D eigenvalue weighted by molar-refractivity contribution is -0.146. The zero-order chi connectivity index (χ0) is 14.8. The molecule has 19 heavy (non-hydrogen) atoms. The van der Waals surface area contributed by atoms with Crippen LogP contribution in [0.15, 0.2) is 12.7 Å². The number of carbonyl (C=O) groups is 2. The van der Waals surface area contributed by atoms with Gasteiger partial charge in [-0.1, -0.05) is 13.0 Å². The van der Waals surface area contributed by atoms with Crippen LogP contribution < -0.4 is 0 Å². The lowest BCUT2D eigenvalue weighted by Crippen LogP contribution is -2.47. The maximum Gasteiger partial charge on any atom is 0.411 e. The molecule has 1 fully saturated rings. The molecule has 3 atom stereocenters. The first-order chi connectivity index (χ1) is 8.71. The second-order valence-electron chi connectivity index (χ2n) is 5.87. The molecule has 1 amide bonds. The Bertz CT molecular complexity index is 372. The molecule has 5 heteroatoms. The molecular weight excluding hydrogens is 246 g/mol. The smallest absolute Gasteiger partial charge is 0.411 e. The van der Waals surface area contributed by atoms with E-state index >= 15 is 0 Å². The third-order valence-corrected chi connectivity index (χ3v) is 3.15. The molecular formula is C14H23NO4. The molecule has 0 aromatic carbocycles. The van der Waals surface area contributed by atoms with Gasteiger partial charge >= 0.3 is 12.1 Å². The van der Waals surface area contributed by atoms with Crippen molar-refractivity contribution in [3.8, 4) is 0 Å². The lowest BCUT2D eigenvalue weighted by Gasteiger charge is -2.30. The Kier molecular flexibility index (Phi) is 4.61. The molecule has 0 radical (unpaired) electrons. The molecule has 5 nitrogen and oxygen atoms in total. The number of carbonyl (C=O) groups excluding carboxylic acids is 2. The van der Waals surface area contributed by atoms with Crippen LogP contribution in [0.25, 0.3) is 0 Å². The fourth-order valence-electron chi connectivity index (χ4n) is 2.34. The van der Waals surface area contributed by atoms with Crippen LogP contribution in [-0.2, 0) is 14.3 Å². The van der Waals surface area contributed by atoms with Gasteiger partial charge < -0.3 is 9.47 Å². The molecule has 0 saturated carbocycles. The van der Waals surface area contributed by atoms with Gasteiger partial charge in [-0.3, -0.25) is 4.90 Å². The van der Waals surface area contributed by atoms with Crippen molar-refractivity contribution in [3.63, 3.8) is 0 Å². The number of esters is 1. The molecule has 0 aliphatic carbocycles. The third-order valence-electron chi connectivity index (χ3n) is 3.15. The average molecular weight is 269 g/mol. The van der Waals surface area contributed by atoms with E-state index < -0.39 is 23.7 Å². The maximum absolute atomic E-state index is 12.3. The average Bonchev–Trinajstić information content (AvgIpc) is 2.62. The molecule has 108 valence electrons. The minimum atomic E-state index is -0.602. The third kappa shape index (κ3) is 3.49.